The molecule has 0 aliphatic carbocycles. The van der Waals surface area contributed by atoms with Crippen LogP contribution in [0.5, 0.6) is 0 Å². The van der Waals surface area contributed by atoms with E-state index in [1.54, 1.807) is 32.3 Å². The zero-order valence-electron chi connectivity index (χ0n) is 13.9. The Kier molecular flexibility index (Phi) is 5.55. The molecule has 0 radical (unpaired) electrons. The van der Waals surface area contributed by atoms with E-state index in [0.29, 0.717) is 26.2 Å². The first kappa shape index (κ1) is 16.9. The third-order valence-corrected chi connectivity index (χ3v) is 3.99. The van der Waals surface area contributed by atoms with Gasteiger partial charge in [0.25, 0.3) is 0 Å². The maximum Gasteiger partial charge on any atom is 0.225 e. The first-order chi connectivity index (χ1) is 10.5. The van der Waals surface area contributed by atoms with Crippen LogP contribution in [0, 0.1) is 0 Å². The zero-order chi connectivity index (χ0) is 16.2. The topological polar surface area (TPSA) is 59.8 Å². The van der Waals surface area contributed by atoms with Crippen molar-refractivity contribution in [2.75, 3.05) is 47.5 Å². The predicted octanol–water partition coefficient (Wildman–Crippen LogP) is 0.116. The lowest BCUT2D eigenvalue weighted by Gasteiger charge is -2.42. The number of imidazole rings is 1. The highest BCUT2D eigenvalue weighted by Crippen LogP contribution is 2.24. The van der Waals surface area contributed by atoms with Crippen LogP contribution in [0.1, 0.15) is 12.2 Å². The van der Waals surface area contributed by atoms with E-state index in [0.717, 1.165) is 18.9 Å². The van der Waals surface area contributed by atoms with Crippen molar-refractivity contribution in [1.29, 1.82) is 0 Å². The first-order valence-electron chi connectivity index (χ1n) is 7.47. The molecule has 1 amide bonds. The van der Waals surface area contributed by atoms with Crippen LogP contribution in [0.3, 0.4) is 0 Å². The van der Waals surface area contributed by atoms with Gasteiger partial charge in [-0.15, -0.1) is 0 Å². The molecule has 1 aliphatic rings. The van der Waals surface area contributed by atoms with Gasteiger partial charge < -0.3 is 18.9 Å². The van der Waals surface area contributed by atoms with E-state index >= 15 is 0 Å². The Morgan fingerprint density at radius 3 is 2.91 bits per heavy atom. The van der Waals surface area contributed by atoms with Crippen molar-refractivity contribution in [3.63, 3.8) is 0 Å². The molecule has 7 nitrogen and oxygen atoms in total. The Balaban J connectivity index is 2.06. The molecule has 22 heavy (non-hydrogen) atoms. The van der Waals surface area contributed by atoms with Crippen molar-refractivity contribution in [2.24, 2.45) is 7.05 Å². The number of nitrogens with zero attached hydrogens (tertiary/aromatic N) is 4. The fourth-order valence-electron chi connectivity index (χ4n) is 2.75. The summed E-state index contributed by atoms with van der Waals surface area (Å²) in [4.78, 5) is 20.4. The second-order valence-electron chi connectivity index (χ2n) is 6.09. The average Bonchev–Trinajstić information content (AvgIpc) is 2.84. The van der Waals surface area contributed by atoms with Gasteiger partial charge in [-0.2, -0.15) is 0 Å². The van der Waals surface area contributed by atoms with Crippen molar-refractivity contribution in [1.82, 2.24) is 19.4 Å². The van der Waals surface area contributed by atoms with Crippen LogP contribution in [-0.2, 0) is 27.9 Å². The summed E-state index contributed by atoms with van der Waals surface area (Å²) < 4.78 is 13.3. The maximum atomic E-state index is 12.1. The van der Waals surface area contributed by atoms with Crippen molar-refractivity contribution in [3.05, 3.63) is 18.2 Å². The number of morpholine rings is 1. The van der Waals surface area contributed by atoms with Gasteiger partial charge >= 0.3 is 0 Å². The maximum absolute atomic E-state index is 12.1. The lowest BCUT2D eigenvalue weighted by atomic mass is 9.97. The molecular weight excluding hydrogens is 284 g/mol. The average molecular weight is 310 g/mol. The number of amides is 1. The molecule has 0 spiro atoms. The Hall–Kier alpha value is -1.44. The molecule has 0 aromatic carbocycles. The Morgan fingerprint density at radius 1 is 1.55 bits per heavy atom. The zero-order valence-corrected chi connectivity index (χ0v) is 13.9. The third kappa shape index (κ3) is 4.06. The smallest absolute Gasteiger partial charge is 0.225 e. The Labute approximate surface area is 131 Å². The van der Waals surface area contributed by atoms with E-state index in [1.165, 1.54) is 0 Å². The predicted molar refractivity (Wildman–Crippen MR) is 82.4 cm³/mol. The van der Waals surface area contributed by atoms with Gasteiger partial charge in [-0.3, -0.25) is 9.69 Å². The van der Waals surface area contributed by atoms with Crippen molar-refractivity contribution in [2.45, 2.75) is 18.6 Å². The summed E-state index contributed by atoms with van der Waals surface area (Å²) in [5, 5.41) is 0. The number of carbonyl (C=O) groups is 1. The number of rotatable bonds is 6. The Morgan fingerprint density at radius 2 is 2.32 bits per heavy atom. The molecule has 0 N–H and O–H groups in total. The molecule has 0 bridgehead atoms. The molecular formula is C15H26N4O3. The summed E-state index contributed by atoms with van der Waals surface area (Å²) in [5.74, 6) is 1.06. The fourth-order valence-corrected chi connectivity index (χ4v) is 2.75. The molecule has 1 fully saturated rings. The highest BCUT2D eigenvalue weighted by molar-refractivity contribution is 5.76. The van der Waals surface area contributed by atoms with Crippen molar-refractivity contribution >= 4 is 5.91 Å². The lowest BCUT2D eigenvalue weighted by molar-refractivity contribution is -0.160. The van der Waals surface area contributed by atoms with Crippen LogP contribution in [0.15, 0.2) is 12.4 Å². The van der Waals surface area contributed by atoms with E-state index in [-0.39, 0.29) is 5.91 Å². The molecule has 1 aliphatic heterocycles. The molecule has 1 saturated heterocycles. The summed E-state index contributed by atoms with van der Waals surface area (Å²) in [6.07, 6.45) is 4.06. The van der Waals surface area contributed by atoms with Crippen molar-refractivity contribution in [3.8, 4) is 0 Å². The standard InChI is InChI=1S/C15H26N4O3/c1-17(2)14(20)9-15(12-21-4)11-19(7-8-22-15)10-13-16-5-6-18(13)3/h5-6H,7-12H2,1-4H3/t15-/m0/s1. The number of methoxy groups -OCH3 is 1. The van der Waals surface area contributed by atoms with E-state index in [2.05, 4.69) is 9.88 Å². The largest absolute Gasteiger partial charge is 0.382 e. The molecule has 1 aromatic rings. The lowest BCUT2D eigenvalue weighted by Crippen LogP contribution is -2.56. The molecule has 2 rings (SSSR count). The number of aryl methyl sites for hydroxylation is 1. The van der Waals surface area contributed by atoms with Gasteiger partial charge in [0, 0.05) is 53.7 Å². The molecule has 0 unspecified atom stereocenters. The van der Waals surface area contributed by atoms with Crippen LogP contribution in [0.2, 0.25) is 0 Å². The minimum Gasteiger partial charge on any atom is -0.382 e. The molecule has 124 valence electrons. The number of hydrogen-bond donors (Lipinski definition) is 0. The second kappa shape index (κ2) is 7.21. The normalized spacial score (nSPS) is 22.7. The monoisotopic (exact) mass is 310 g/mol. The molecule has 0 saturated carbocycles. The highest BCUT2D eigenvalue weighted by atomic mass is 16.5. The second-order valence-corrected chi connectivity index (χ2v) is 6.09. The molecule has 1 atom stereocenters. The van der Waals surface area contributed by atoms with E-state index < -0.39 is 5.60 Å². The van der Waals surface area contributed by atoms with Gasteiger partial charge in [0.05, 0.1) is 26.2 Å². The minimum atomic E-state index is -0.584. The van der Waals surface area contributed by atoms with Gasteiger partial charge in [0.2, 0.25) is 5.91 Å². The molecule has 7 heteroatoms. The summed E-state index contributed by atoms with van der Waals surface area (Å²) >= 11 is 0. The summed E-state index contributed by atoms with van der Waals surface area (Å²) in [7, 11) is 7.15. The van der Waals surface area contributed by atoms with Crippen LogP contribution >= 0.6 is 0 Å². The quantitative estimate of drug-likeness (QED) is 0.747. The first-order valence-corrected chi connectivity index (χ1v) is 7.47. The van der Waals surface area contributed by atoms with Crippen LogP contribution in [0.4, 0.5) is 0 Å². The van der Waals surface area contributed by atoms with Gasteiger partial charge in [0.15, 0.2) is 0 Å². The van der Waals surface area contributed by atoms with Crippen LogP contribution in [0.25, 0.3) is 0 Å². The minimum absolute atomic E-state index is 0.0518. The number of ether oxygens (including phenoxy) is 2. The highest BCUT2D eigenvalue weighted by Gasteiger charge is 2.39. The summed E-state index contributed by atoms with van der Waals surface area (Å²) in [6, 6.07) is 0. The third-order valence-electron chi connectivity index (χ3n) is 3.99. The fraction of sp³-hybridized carbons (Fsp3) is 0.733. The van der Waals surface area contributed by atoms with Gasteiger partial charge in [0.1, 0.15) is 11.4 Å². The molecule has 2 heterocycles. The van der Waals surface area contributed by atoms with Gasteiger partial charge in [-0.25, -0.2) is 4.98 Å². The van der Waals surface area contributed by atoms with Crippen molar-refractivity contribution < 1.29 is 14.3 Å². The van der Waals surface area contributed by atoms with Crippen LogP contribution in [-0.4, -0.2) is 78.4 Å². The van der Waals surface area contributed by atoms with Gasteiger partial charge in [-0.05, 0) is 0 Å². The van der Waals surface area contributed by atoms with E-state index in [9.17, 15) is 4.79 Å². The van der Waals surface area contributed by atoms with Gasteiger partial charge in [-0.1, -0.05) is 0 Å². The number of carbonyl (C=O) groups excluding carboxylic acids is 1. The number of aromatic nitrogens is 2. The van der Waals surface area contributed by atoms with Crippen LogP contribution < -0.4 is 0 Å². The van der Waals surface area contributed by atoms with E-state index in [1.807, 2.05) is 17.8 Å². The summed E-state index contributed by atoms with van der Waals surface area (Å²) in [5.41, 5.74) is -0.584. The Bertz CT molecular complexity index is 499. The molecule has 1 aromatic heterocycles. The number of hydrogen-bond acceptors (Lipinski definition) is 5. The van der Waals surface area contributed by atoms with E-state index in [4.69, 9.17) is 9.47 Å². The SMILES string of the molecule is COC[C@]1(CC(=O)N(C)C)CN(Cc2nccn2C)CCO1. The summed E-state index contributed by atoms with van der Waals surface area (Å²) in [6.45, 7) is 3.23.